The average Bonchev–Trinajstić information content (AvgIpc) is 2.47. The van der Waals surface area contributed by atoms with Crippen molar-refractivity contribution in [2.45, 2.75) is 13.8 Å². The van der Waals surface area contributed by atoms with Crippen LogP contribution in [-0.4, -0.2) is 9.78 Å². The van der Waals surface area contributed by atoms with Crippen LogP contribution in [-0.2, 0) is 0 Å². The van der Waals surface area contributed by atoms with E-state index < -0.39 is 0 Å². The van der Waals surface area contributed by atoms with Crippen molar-refractivity contribution in [3.8, 4) is 5.69 Å². The lowest BCUT2D eigenvalue weighted by Crippen LogP contribution is -1.96. The molecular formula is C11H13N3. The van der Waals surface area contributed by atoms with E-state index >= 15 is 0 Å². The minimum Gasteiger partial charge on any atom is -0.399 e. The van der Waals surface area contributed by atoms with E-state index in [1.165, 1.54) is 5.56 Å². The molecular weight excluding hydrogens is 174 g/mol. The lowest BCUT2D eigenvalue weighted by Gasteiger charge is -2.01. The number of nitrogen functional groups attached to an aromatic ring is 1. The number of rotatable bonds is 1. The maximum Gasteiger partial charge on any atom is 0.0666 e. The normalized spacial score (nSPS) is 10.4. The van der Waals surface area contributed by atoms with Crippen LogP contribution >= 0.6 is 0 Å². The summed E-state index contributed by atoms with van der Waals surface area (Å²) in [5, 5.41) is 4.38. The molecule has 1 aromatic heterocycles. The summed E-state index contributed by atoms with van der Waals surface area (Å²) in [7, 11) is 0. The van der Waals surface area contributed by atoms with Gasteiger partial charge in [-0.3, -0.25) is 0 Å². The molecule has 0 radical (unpaired) electrons. The highest BCUT2D eigenvalue weighted by atomic mass is 15.3. The van der Waals surface area contributed by atoms with Gasteiger partial charge in [-0.1, -0.05) is 6.07 Å². The molecule has 0 saturated carbocycles. The summed E-state index contributed by atoms with van der Waals surface area (Å²) >= 11 is 0. The predicted octanol–water partition coefficient (Wildman–Crippen LogP) is 2.07. The molecule has 0 bridgehead atoms. The zero-order chi connectivity index (χ0) is 10.1. The van der Waals surface area contributed by atoms with Crippen LogP contribution in [0.5, 0.6) is 0 Å². The molecule has 0 unspecified atom stereocenters. The van der Waals surface area contributed by atoms with Gasteiger partial charge in [0.1, 0.15) is 0 Å². The van der Waals surface area contributed by atoms with E-state index in [1.54, 1.807) is 0 Å². The lowest BCUT2D eigenvalue weighted by atomic mass is 10.3. The van der Waals surface area contributed by atoms with Crippen molar-refractivity contribution in [3.63, 3.8) is 0 Å². The van der Waals surface area contributed by atoms with E-state index in [4.69, 9.17) is 5.73 Å². The fourth-order valence-corrected chi connectivity index (χ4v) is 1.35. The number of aromatic nitrogens is 2. The summed E-state index contributed by atoms with van der Waals surface area (Å²) in [5.41, 5.74) is 9.69. The van der Waals surface area contributed by atoms with Gasteiger partial charge in [0.15, 0.2) is 0 Å². The molecule has 3 nitrogen and oxygen atoms in total. The molecule has 1 heterocycles. The van der Waals surface area contributed by atoms with Crippen LogP contribution in [0, 0.1) is 13.8 Å². The van der Waals surface area contributed by atoms with Crippen molar-refractivity contribution in [1.82, 2.24) is 9.78 Å². The fourth-order valence-electron chi connectivity index (χ4n) is 1.35. The highest BCUT2D eigenvalue weighted by molar-refractivity contribution is 5.47. The number of aryl methyl sites for hydroxylation is 2. The van der Waals surface area contributed by atoms with Crippen LogP contribution in [0.15, 0.2) is 30.5 Å². The first-order valence-electron chi connectivity index (χ1n) is 4.55. The smallest absolute Gasteiger partial charge is 0.0666 e. The first-order chi connectivity index (χ1) is 6.66. The summed E-state index contributed by atoms with van der Waals surface area (Å²) in [6.07, 6.45) is 2.00. The third-order valence-electron chi connectivity index (χ3n) is 2.28. The summed E-state index contributed by atoms with van der Waals surface area (Å²) in [6.45, 7) is 4.04. The van der Waals surface area contributed by atoms with Gasteiger partial charge >= 0.3 is 0 Å². The quantitative estimate of drug-likeness (QED) is 0.694. The predicted molar refractivity (Wildman–Crippen MR) is 57.5 cm³/mol. The molecule has 2 aromatic rings. The van der Waals surface area contributed by atoms with E-state index in [1.807, 2.05) is 49.0 Å². The molecule has 0 atom stereocenters. The number of anilines is 1. The van der Waals surface area contributed by atoms with Gasteiger partial charge in [-0.05, 0) is 37.6 Å². The molecule has 0 spiro atoms. The minimum atomic E-state index is 0.758. The van der Waals surface area contributed by atoms with Gasteiger partial charge < -0.3 is 5.73 Å². The Hall–Kier alpha value is -1.77. The Morgan fingerprint density at radius 1 is 1.29 bits per heavy atom. The Kier molecular flexibility index (Phi) is 2.00. The van der Waals surface area contributed by atoms with Crippen LogP contribution in [0.1, 0.15) is 11.3 Å². The van der Waals surface area contributed by atoms with Crippen LogP contribution in [0.25, 0.3) is 5.69 Å². The van der Waals surface area contributed by atoms with Crippen molar-refractivity contribution >= 4 is 5.69 Å². The first-order valence-corrected chi connectivity index (χ1v) is 4.55. The monoisotopic (exact) mass is 187 g/mol. The zero-order valence-corrected chi connectivity index (χ0v) is 8.36. The summed E-state index contributed by atoms with van der Waals surface area (Å²) in [6, 6.07) is 7.69. The largest absolute Gasteiger partial charge is 0.399 e. The first kappa shape index (κ1) is 8.81. The Balaban J connectivity index is 2.49. The van der Waals surface area contributed by atoms with Gasteiger partial charge in [0.2, 0.25) is 0 Å². The van der Waals surface area contributed by atoms with E-state index in [2.05, 4.69) is 5.10 Å². The molecule has 2 N–H and O–H groups in total. The highest BCUT2D eigenvalue weighted by Crippen LogP contribution is 2.13. The van der Waals surface area contributed by atoms with E-state index in [9.17, 15) is 0 Å². The molecule has 14 heavy (non-hydrogen) atoms. The van der Waals surface area contributed by atoms with Crippen molar-refractivity contribution in [1.29, 1.82) is 0 Å². The van der Waals surface area contributed by atoms with Crippen molar-refractivity contribution in [2.24, 2.45) is 0 Å². The number of benzene rings is 1. The third-order valence-corrected chi connectivity index (χ3v) is 2.28. The number of nitrogens with two attached hydrogens (primary N) is 1. The number of hydrogen-bond acceptors (Lipinski definition) is 2. The maximum absolute atomic E-state index is 5.70. The van der Waals surface area contributed by atoms with Crippen LogP contribution in [0.3, 0.4) is 0 Å². The molecule has 0 aliphatic carbocycles. The summed E-state index contributed by atoms with van der Waals surface area (Å²) in [4.78, 5) is 0. The molecule has 3 heteroatoms. The van der Waals surface area contributed by atoms with Gasteiger partial charge in [0, 0.05) is 11.9 Å². The van der Waals surface area contributed by atoms with Crippen molar-refractivity contribution in [3.05, 3.63) is 41.7 Å². The average molecular weight is 187 g/mol. The van der Waals surface area contributed by atoms with E-state index in [0.717, 1.165) is 17.1 Å². The Labute approximate surface area is 83.2 Å². The van der Waals surface area contributed by atoms with Crippen molar-refractivity contribution < 1.29 is 0 Å². The van der Waals surface area contributed by atoms with Gasteiger partial charge in [0.05, 0.1) is 11.4 Å². The topological polar surface area (TPSA) is 43.8 Å². The molecule has 0 aliphatic heterocycles. The Morgan fingerprint density at radius 2 is 2.07 bits per heavy atom. The van der Waals surface area contributed by atoms with Crippen LogP contribution in [0.2, 0.25) is 0 Å². The second kappa shape index (κ2) is 3.18. The summed E-state index contributed by atoms with van der Waals surface area (Å²) in [5.74, 6) is 0. The fraction of sp³-hybridized carbons (Fsp3) is 0.182. The lowest BCUT2D eigenvalue weighted by molar-refractivity contribution is 0.863. The highest BCUT2D eigenvalue weighted by Gasteiger charge is 2.01. The van der Waals surface area contributed by atoms with Gasteiger partial charge in [-0.15, -0.1) is 0 Å². The SMILES string of the molecule is Cc1cn(-c2cccc(N)c2)nc1C. The Morgan fingerprint density at radius 3 is 2.64 bits per heavy atom. The number of hydrogen-bond donors (Lipinski definition) is 1. The van der Waals surface area contributed by atoms with Crippen LogP contribution < -0.4 is 5.73 Å². The van der Waals surface area contributed by atoms with Gasteiger partial charge in [-0.25, -0.2) is 4.68 Å². The standard InChI is InChI=1S/C11H13N3/c1-8-7-14(13-9(8)2)11-5-3-4-10(12)6-11/h3-7H,12H2,1-2H3. The van der Waals surface area contributed by atoms with E-state index in [-0.39, 0.29) is 0 Å². The molecule has 0 saturated heterocycles. The molecule has 0 amide bonds. The zero-order valence-electron chi connectivity index (χ0n) is 8.36. The molecule has 1 aromatic carbocycles. The third kappa shape index (κ3) is 1.48. The Bertz CT molecular complexity index is 438. The minimum absolute atomic E-state index is 0.758. The molecule has 72 valence electrons. The van der Waals surface area contributed by atoms with E-state index in [0.29, 0.717) is 0 Å². The van der Waals surface area contributed by atoms with Crippen molar-refractivity contribution in [2.75, 3.05) is 5.73 Å². The molecule has 0 aliphatic rings. The summed E-state index contributed by atoms with van der Waals surface area (Å²) < 4.78 is 1.85. The van der Waals surface area contributed by atoms with Gasteiger partial charge in [0.25, 0.3) is 0 Å². The van der Waals surface area contributed by atoms with Crippen LogP contribution in [0.4, 0.5) is 5.69 Å². The maximum atomic E-state index is 5.70. The molecule has 2 rings (SSSR count). The second-order valence-corrected chi connectivity index (χ2v) is 3.44. The van der Waals surface area contributed by atoms with Gasteiger partial charge in [-0.2, -0.15) is 5.10 Å². The molecule has 0 fully saturated rings. The number of nitrogens with zero attached hydrogens (tertiary/aromatic N) is 2. The second-order valence-electron chi connectivity index (χ2n) is 3.44.